The zero-order valence-corrected chi connectivity index (χ0v) is 6.28. The first-order valence-electron chi connectivity index (χ1n) is 3.55. The summed E-state index contributed by atoms with van der Waals surface area (Å²) < 4.78 is 35.7. The maximum atomic E-state index is 11.9. The van der Waals surface area contributed by atoms with Crippen LogP contribution in [-0.4, -0.2) is 17.9 Å². The Morgan fingerprint density at radius 3 is 2.18 bits per heavy atom. The highest BCUT2D eigenvalue weighted by molar-refractivity contribution is 4.92. The lowest BCUT2D eigenvalue weighted by atomic mass is 9.63. The molecule has 0 bridgehead atoms. The van der Waals surface area contributed by atoms with E-state index in [9.17, 15) is 13.2 Å². The predicted molar refractivity (Wildman–Crippen MR) is 34.0 cm³/mol. The van der Waals surface area contributed by atoms with Crippen molar-refractivity contribution in [1.82, 2.24) is 0 Å². The van der Waals surface area contributed by atoms with Crippen LogP contribution in [0.2, 0.25) is 0 Å². The molecule has 0 saturated heterocycles. The van der Waals surface area contributed by atoms with Gasteiger partial charge in [0.15, 0.2) is 0 Å². The largest absolute Gasteiger partial charge is 0.396 e. The quantitative estimate of drug-likeness (QED) is 0.634. The van der Waals surface area contributed by atoms with Gasteiger partial charge in [0.2, 0.25) is 0 Å². The van der Waals surface area contributed by atoms with E-state index in [4.69, 9.17) is 5.11 Å². The van der Waals surface area contributed by atoms with E-state index in [0.717, 1.165) is 0 Å². The Morgan fingerprint density at radius 1 is 1.45 bits per heavy atom. The zero-order chi connectivity index (χ0) is 8.70. The standard InChI is InChI=1S/C7H11F3O/c1-6(4-11)2-5(3-6)7(8,9)10/h5,11H,2-4H2,1H3. The van der Waals surface area contributed by atoms with Crippen LogP contribution in [0.15, 0.2) is 0 Å². The third-order valence-corrected chi connectivity index (χ3v) is 2.32. The molecular formula is C7H11F3O. The molecule has 0 heterocycles. The smallest absolute Gasteiger partial charge is 0.391 e. The van der Waals surface area contributed by atoms with Crippen molar-refractivity contribution in [2.45, 2.75) is 25.9 Å². The van der Waals surface area contributed by atoms with Crippen LogP contribution in [0.4, 0.5) is 13.2 Å². The maximum absolute atomic E-state index is 11.9. The van der Waals surface area contributed by atoms with Gasteiger partial charge in [0, 0.05) is 6.61 Å². The summed E-state index contributed by atoms with van der Waals surface area (Å²) in [6, 6.07) is 0. The van der Waals surface area contributed by atoms with Crippen LogP contribution in [0.25, 0.3) is 0 Å². The Morgan fingerprint density at radius 2 is 1.91 bits per heavy atom. The first-order valence-corrected chi connectivity index (χ1v) is 3.55. The number of halogens is 3. The molecular weight excluding hydrogens is 157 g/mol. The number of hydrogen-bond donors (Lipinski definition) is 1. The van der Waals surface area contributed by atoms with Gasteiger partial charge in [-0.1, -0.05) is 6.92 Å². The molecule has 1 aliphatic carbocycles. The first kappa shape index (κ1) is 8.84. The maximum Gasteiger partial charge on any atom is 0.391 e. The average Bonchev–Trinajstić information content (AvgIpc) is 1.78. The molecule has 11 heavy (non-hydrogen) atoms. The fourth-order valence-corrected chi connectivity index (χ4v) is 1.49. The monoisotopic (exact) mass is 168 g/mol. The van der Waals surface area contributed by atoms with Crippen molar-refractivity contribution in [2.75, 3.05) is 6.61 Å². The van der Waals surface area contributed by atoms with Crippen LogP contribution < -0.4 is 0 Å². The number of aliphatic hydroxyl groups is 1. The van der Waals surface area contributed by atoms with Crippen LogP contribution in [0, 0.1) is 11.3 Å². The molecule has 1 fully saturated rings. The molecule has 0 spiro atoms. The SMILES string of the molecule is CC1(CO)CC(C(F)(F)F)C1. The van der Waals surface area contributed by atoms with Gasteiger partial charge < -0.3 is 5.11 Å². The second-order valence-electron chi connectivity index (χ2n) is 3.62. The van der Waals surface area contributed by atoms with Crippen molar-refractivity contribution >= 4 is 0 Å². The second kappa shape index (κ2) is 2.37. The van der Waals surface area contributed by atoms with Crippen LogP contribution in [-0.2, 0) is 0 Å². The Kier molecular flexibility index (Phi) is 1.90. The third kappa shape index (κ3) is 1.67. The number of alkyl halides is 3. The molecule has 1 N–H and O–H groups in total. The van der Waals surface area contributed by atoms with Gasteiger partial charge in [0.1, 0.15) is 0 Å². The minimum atomic E-state index is -4.06. The number of hydrogen-bond acceptors (Lipinski definition) is 1. The van der Waals surface area contributed by atoms with E-state index in [1.54, 1.807) is 6.92 Å². The van der Waals surface area contributed by atoms with Crippen molar-refractivity contribution in [3.63, 3.8) is 0 Å². The Hall–Kier alpha value is -0.250. The molecule has 1 aliphatic rings. The molecule has 0 aromatic heterocycles. The topological polar surface area (TPSA) is 20.2 Å². The van der Waals surface area contributed by atoms with Gasteiger partial charge >= 0.3 is 6.18 Å². The van der Waals surface area contributed by atoms with E-state index >= 15 is 0 Å². The van der Waals surface area contributed by atoms with E-state index in [1.165, 1.54) is 0 Å². The van der Waals surface area contributed by atoms with Crippen molar-refractivity contribution in [2.24, 2.45) is 11.3 Å². The van der Waals surface area contributed by atoms with E-state index in [2.05, 4.69) is 0 Å². The first-order chi connectivity index (χ1) is 4.87. The van der Waals surface area contributed by atoms with Crippen LogP contribution in [0.5, 0.6) is 0 Å². The molecule has 66 valence electrons. The molecule has 0 atom stereocenters. The summed E-state index contributed by atoms with van der Waals surface area (Å²) in [5, 5.41) is 8.66. The van der Waals surface area contributed by atoms with Gasteiger partial charge in [-0.2, -0.15) is 13.2 Å². The van der Waals surface area contributed by atoms with Gasteiger partial charge in [-0.25, -0.2) is 0 Å². The molecule has 1 rings (SSSR count). The summed E-state index contributed by atoms with van der Waals surface area (Å²) in [6.07, 6.45) is -3.91. The summed E-state index contributed by atoms with van der Waals surface area (Å²) in [6.45, 7) is 1.54. The van der Waals surface area contributed by atoms with Crippen LogP contribution in [0.1, 0.15) is 19.8 Å². The van der Waals surface area contributed by atoms with E-state index in [1.807, 2.05) is 0 Å². The zero-order valence-electron chi connectivity index (χ0n) is 6.28. The molecule has 0 aliphatic heterocycles. The van der Waals surface area contributed by atoms with Gasteiger partial charge in [0.05, 0.1) is 5.92 Å². The van der Waals surface area contributed by atoms with E-state index in [-0.39, 0.29) is 19.4 Å². The number of rotatable bonds is 1. The fourth-order valence-electron chi connectivity index (χ4n) is 1.49. The lowest BCUT2D eigenvalue weighted by molar-refractivity contribution is -0.223. The van der Waals surface area contributed by atoms with Gasteiger partial charge in [0.25, 0.3) is 0 Å². The minimum absolute atomic E-state index is 0.0764. The van der Waals surface area contributed by atoms with Gasteiger partial charge in [-0.15, -0.1) is 0 Å². The van der Waals surface area contributed by atoms with Gasteiger partial charge in [-0.3, -0.25) is 0 Å². The number of aliphatic hydroxyl groups excluding tert-OH is 1. The Bertz CT molecular complexity index is 146. The molecule has 0 radical (unpaired) electrons. The van der Waals surface area contributed by atoms with Crippen molar-refractivity contribution in [3.8, 4) is 0 Å². The van der Waals surface area contributed by atoms with Crippen LogP contribution in [0.3, 0.4) is 0 Å². The summed E-state index contributed by atoms with van der Waals surface area (Å²) >= 11 is 0. The predicted octanol–water partition coefficient (Wildman–Crippen LogP) is 1.96. The third-order valence-electron chi connectivity index (χ3n) is 2.32. The van der Waals surface area contributed by atoms with Crippen molar-refractivity contribution < 1.29 is 18.3 Å². The molecule has 0 amide bonds. The van der Waals surface area contributed by atoms with Gasteiger partial charge in [-0.05, 0) is 18.3 Å². The highest BCUT2D eigenvalue weighted by atomic mass is 19.4. The summed E-state index contributed by atoms with van der Waals surface area (Å²) in [5.74, 6) is -1.18. The summed E-state index contributed by atoms with van der Waals surface area (Å²) in [5.41, 5.74) is -0.472. The fraction of sp³-hybridized carbons (Fsp3) is 1.00. The van der Waals surface area contributed by atoms with Crippen molar-refractivity contribution in [3.05, 3.63) is 0 Å². The molecule has 0 aromatic rings. The molecule has 1 nitrogen and oxygen atoms in total. The Labute approximate surface area is 63.2 Å². The average molecular weight is 168 g/mol. The molecule has 0 unspecified atom stereocenters. The minimum Gasteiger partial charge on any atom is -0.396 e. The van der Waals surface area contributed by atoms with Crippen molar-refractivity contribution in [1.29, 1.82) is 0 Å². The van der Waals surface area contributed by atoms with E-state index < -0.39 is 17.5 Å². The van der Waals surface area contributed by atoms with E-state index in [0.29, 0.717) is 0 Å². The molecule has 0 aromatic carbocycles. The lowest BCUT2D eigenvalue weighted by Gasteiger charge is -2.44. The molecule has 1 saturated carbocycles. The normalized spacial score (nSPS) is 38.5. The summed E-state index contributed by atoms with van der Waals surface area (Å²) in [7, 11) is 0. The second-order valence-corrected chi connectivity index (χ2v) is 3.62. The van der Waals surface area contributed by atoms with Crippen LogP contribution >= 0.6 is 0 Å². The highest BCUT2D eigenvalue weighted by Gasteiger charge is 2.52. The highest BCUT2D eigenvalue weighted by Crippen LogP contribution is 2.51. The lowest BCUT2D eigenvalue weighted by Crippen LogP contribution is -2.44. The molecule has 4 heteroatoms. The Balaban J connectivity index is 2.40. The summed E-state index contributed by atoms with van der Waals surface area (Å²) in [4.78, 5) is 0.